The van der Waals surface area contributed by atoms with Crippen LogP contribution in [0.4, 0.5) is 0 Å². The van der Waals surface area contributed by atoms with Crippen LogP contribution >= 0.6 is 24.0 Å². The van der Waals surface area contributed by atoms with E-state index >= 15 is 0 Å². The fourth-order valence-electron chi connectivity index (χ4n) is 3.71. The third-order valence-corrected chi connectivity index (χ3v) is 6.13. The Morgan fingerprint density at radius 2 is 1.81 bits per heavy atom. The van der Waals surface area contributed by atoms with Gasteiger partial charge in [-0.25, -0.2) is 18.5 Å². The van der Waals surface area contributed by atoms with E-state index in [-0.39, 0.29) is 34.9 Å². The Morgan fingerprint density at radius 3 is 2.45 bits per heavy atom. The number of hydrogen-bond donors (Lipinski definition) is 3. The first kappa shape index (κ1) is 25.6. The first-order valence-electron chi connectivity index (χ1n) is 10.4. The van der Waals surface area contributed by atoms with Crippen molar-refractivity contribution in [1.29, 1.82) is 0 Å². The second-order valence-electron chi connectivity index (χ2n) is 7.44. The number of sulfonamides is 1. The summed E-state index contributed by atoms with van der Waals surface area (Å²) in [4.78, 5) is 7.26. The number of hydrogen-bond acceptors (Lipinski definition) is 4. The maximum atomic E-state index is 11.6. The molecule has 1 saturated heterocycles. The molecule has 2 aromatic carbocycles. The molecular weight excluding hydrogens is 525 g/mol. The summed E-state index contributed by atoms with van der Waals surface area (Å²) >= 11 is 0. The lowest BCUT2D eigenvalue weighted by Gasteiger charge is -2.29. The van der Waals surface area contributed by atoms with E-state index in [0.717, 1.165) is 31.7 Å². The molecule has 0 bridgehead atoms. The molecule has 1 aliphatic heterocycles. The molecule has 2 aromatic rings. The Balaban J connectivity index is 0.00000341. The summed E-state index contributed by atoms with van der Waals surface area (Å²) in [7, 11) is -3.72. The van der Waals surface area contributed by atoms with Gasteiger partial charge < -0.3 is 10.6 Å². The van der Waals surface area contributed by atoms with Crippen LogP contribution in [0.2, 0.25) is 0 Å². The van der Waals surface area contributed by atoms with Gasteiger partial charge in [-0.15, -0.1) is 24.0 Å². The minimum atomic E-state index is -3.72. The Morgan fingerprint density at radius 1 is 1.10 bits per heavy atom. The molecule has 3 rings (SSSR count). The predicted molar refractivity (Wildman–Crippen MR) is 136 cm³/mol. The number of nitrogens with zero attached hydrogens (tertiary/aromatic N) is 2. The van der Waals surface area contributed by atoms with E-state index in [1.165, 1.54) is 24.5 Å². The van der Waals surface area contributed by atoms with E-state index in [1.54, 1.807) is 12.1 Å². The fraction of sp³-hybridized carbons (Fsp3) is 0.409. The first-order valence-corrected chi connectivity index (χ1v) is 11.9. The van der Waals surface area contributed by atoms with Crippen molar-refractivity contribution >= 4 is 40.0 Å². The molecule has 9 heteroatoms. The van der Waals surface area contributed by atoms with Gasteiger partial charge in [-0.05, 0) is 56.1 Å². The summed E-state index contributed by atoms with van der Waals surface area (Å²) in [5.41, 5.74) is 2.08. The highest BCUT2D eigenvalue weighted by molar-refractivity contribution is 14.0. The molecule has 0 spiro atoms. The summed E-state index contributed by atoms with van der Waals surface area (Å²) in [6.45, 7) is 6.08. The lowest BCUT2D eigenvalue weighted by atomic mass is 10.1. The van der Waals surface area contributed by atoms with Gasteiger partial charge >= 0.3 is 0 Å². The monoisotopic (exact) mass is 557 g/mol. The topological polar surface area (TPSA) is 99.8 Å². The molecule has 4 N–H and O–H groups in total. The van der Waals surface area contributed by atoms with Gasteiger partial charge in [0.1, 0.15) is 0 Å². The number of aliphatic imine (C=N–C) groups is 1. The lowest BCUT2D eigenvalue weighted by Crippen LogP contribution is -2.42. The van der Waals surface area contributed by atoms with Gasteiger partial charge in [0.15, 0.2) is 5.96 Å². The maximum Gasteiger partial charge on any atom is 0.238 e. The third-order valence-electron chi connectivity index (χ3n) is 5.22. The minimum absolute atomic E-state index is 0. The molecule has 0 amide bonds. The molecule has 1 unspecified atom stereocenters. The number of guanidine groups is 1. The number of primary sulfonamides is 1. The maximum absolute atomic E-state index is 11.6. The van der Waals surface area contributed by atoms with Gasteiger partial charge in [0.05, 0.1) is 17.5 Å². The van der Waals surface area contributed by atoms with Crippen LogP contribution in [-0.2, 0) is 16.6 Å². The standard InChI is InChI=1S/C22H31N5O2S.HI/c1-2-24-22(25-16-18-9-8-12-20(15-18)30(23,28)29)26-17-21(27-13-6-7-14-27)19-10-4-3-5-11-19;/h3-5,8-12,15,21H,2,6-7,13-14,16-17H2,1H3,(H2,23,28,29)(H2,24,25,26);1H. The molecule has 0 radical (unpaired) electrons. The van der Waals surface area contributed by atoms with Crippen LogP contribution in [0.25, 0.3) is 0 Å². The van der Waals surface area contributed by atoms with Gasteiger partial charge in [-0.3, -0.25) is 4.90 Å². The number of nitrogens with two attached hydrogens (primary N) is 1. The average Bonchev–Trinajstić information content (AvgIpc) is 3.27. The van der Waals surface area contributed by atoms with Crippen molar-refractivity contribution in [3.8, 4) is 0 Å². The molecule has 1 aliphatic rings. The van der Waals surface area contributed by atoms with Crippen LogP contribution in [0, 0.1) is 0 Å². The van der Waals surface area contributed by atoms with Gasteiger partial charge in [-0.1, -0.05) is 42.5 Å². The van der Waals surface area contributed by atoms with E-state index in [9.17, 15) is 8.42 Å². The second-order valence-corrected chi connectivity index (χ2v) is 9.00. The molecule has 0 aliphatic carbocycles. The van der Waals surface area contributed by atoms with Crippen molar-refractivity contribution in [2.24, 2.45) is 10.1 Å². The quantitative estimate of drug-likeness (QED) is 0.264. The number of benzene rings is 2. The van der Waals surface area contributed by atoms with Crippen LogP contribution in [0.1, 0.15) is 36.9 Å². The number of rotatable bonds is 8. The third kappa shape index (κ3) is 7.74. The number of halogens is 1. The number of likely N-dealkylation sites (tertiary alicyclic amines) is 1. The van der Waals surface area contributed by atoms with Crippen molar-refractivity contribution in [2.75, 3.05) is 26.2 Å². The van der Waals surface area contributed by atoms with Gasteiger partial charge in [-0.2, -0.15) is 0 Å². The summed E-state index contributed by atoms with van der Waals surface area (Å²) in [5, 5.41) is 12.0. The van der Waals surface area contributed by atoms with Crippen LogP contribution in [0.5, 0.6) is 0 Å². The van der Waals surface area contributed by atoms with E-state index in [2.05, 4.69) is 44.8 Å². The molecule has 1 heterocycles. The SMILES string of the molecule is CCNC(=NCc1cccc(S(N)(=O)=O)c1)NCC(c1ccccc1)N1CCCC1.I. The van der Waals surface area contributed by atoms with Gasteiger partial charge in [0.25, 0.3) is 0 Å². The van der Waals surface area contributed by atoms with Crippen molar-refractivity contribution in [2.45, 2.75) is 37.2 Å². The normalized spacial score (nSPS) is 15.9. The van der Waals surface area contributed by atoms with Crippen molar-refractivity contribution < 1.29 is 8.42 Å². The molecular formula is C22H32IN5O2S. The zero-order chi connectivity index (χ0) is 21.4. The Bertz CT molecular complexity index is 947. The summed E-state index contributed by atoms with van der Waals surface area (Å²) in [5.74, 6) is 0.707. The number of nitrogens with one attached hydrogen (secondary N) is 2. The summed E-state index contributed by atoms with van der Waals surface area (Å²) in [6, 6.07) is 17.4. The van der Waals surface area contributed by atoms with Gasteiger partial charge in [0, 0.05) is 13.1 Å². The van der Waals surface area contributed by atoms with E-state index in [1.807, 2.05) is 19.1 Å². The van der Waals surface area contributed by atoms with E-state index in [0.29, 0.717) is 12.5 Å². The molecule has 0 saturated carbocycles. The molecule has 0 aromatic heterocycles. The molecule has 170 valence electrons. The first-order chi connectivity index (χ1) is 14.5. The predicted octanol–water partition coefficient (Wildman–Crippen LogP) is 2.84. The highest BCUT2D eigenvalue weighted by Crippen LogP contribution is 2.24. The van der Waals surface area contributed by atoms with Crippen LogP contribution in [0.15, 0.2) is 64.5 Å². The Hall–Kier alpha value is -1.69. The van der Waals surface area contributed by atoms with Crippen molar-refractivity contribution in [3.05, 3.63) is 65.7 Å². The van der Waals surface area contributed by atoms with E-state index in [4.69, 9.17) is 5.14 Å². The highest BCUT2D eigenvalue weighted by Gasteiger charge is 2.23. The van der Waals surface area contributed by atoms with Crippen LogP contribution < -0.4 is 15.8 Å². The zero-order valence-electron chi connectivity index (χ0n) is 17.8. The summed E-state index contributed by atoms with van der Waals surface area (Å²) < 4.78 is 23.2. The summed E-state index contributed by atoms with van der Waals surface area (Å²) in [6.07, 6.45) is 2.47. The minimum Gasteiger partial charge on any atom is -0.357 e. The smallest absolute Gasteiger partial charge is 0.238 e. The van der Waals surface area contributed by atoms with Gasteiger partial charge in [0.2, 0.25) is 10.0 Å². The van der Waals surface area contributed by atoms with Crippen molar-refractivity contribution in [3.63, 3.8) is 0 Å². The average molecular weight is 558 g/mol. The van der Waals surface area contributed by atoms with E-state index < -0.39 is 10.0 Å². The Kier molecular flexibility index (Phi) is 10.2. The lowest BCUT2D eigenvalue weighted by molar-refractivity contribution is 0.245. The van der Waals surface area contributed by atoms with Crippen LogP contribution in [-0.4, -0.2) is 45.5 Å². The van der Waals surface area contributed by atoms with Crippen LogP contribution in [0.3, 0.4) is 0 Å². The Labute approximate surface area is 202 Å². The fourth-order valence-corrected chi connectivity index (χ4v) is 4.30. The molecule has 1 atom stereocenters. The molecule has 1 fully saturated rings. The molecule has 7 nitrogen and oxygen atoms in total. The zero-order valence-corrected chi connectivity index (χ0v) is 21.0. The highest BCUT2D eigenvalue weighted by atomic mass is 127. The largest absolute Gasteiger partial charge is 0.357 e. The molecule has 31 heavy (non-hydrogen) atoms. The second kappa shape index (κ2) is 12.4. The van der Waals surface area contributed by atoms with Crippen molar-refractivity contribution in [1.82, 2.24) is 15.5 Å².